The van der Waals surface area contributed by atoms with Crippen molar-refractivity contribution in [3.8, 4) is 0 Å². The van der Waals surface area contributed by atoms with Gasteiger partial charge in [0.15, 0.2) is 0 Å². The van der Waals surface area contributed by atoms with Crippen LogP contribution in [0.5, 0.6) is 0 Å². The molecule has 0 bridgehead atoms. The minimum Gasteiger partial charge on any atom is -0.299 e. The summed E-state index contributed by atoms with van der Waals surface area (Å²) >= 11 is 1.70. The monoisotopic (exact) mass is 168 g/mol. The maximum absolute atomic E-state index is 11.0. The van der Waals surface area contributed by atoms with Crippen LogP contribution >= 0.6 is 11.3 Å². The van der Waals surface area contributed by atoms with Crippen molar-refractivity contribution in [1.29, 1.82) is 0 Å². The molecule has 0 radical (unpaired) electrons. The first kappa shape index (κ1) is 8.47. The first-order valence-corrected chi connectivity index (χ1v) is 4.49. The fraction of sp³-hybridized carbons (Fsp3) is 0.444. The second-order valence-corrected chi connectivity index (χ2v) is 4.10. The van der Waals surface area contributed by atoms with Crippen LogP contribution in [0.3, 0.4) is 0 Å². The first-order valence-electron chi connectivity index (χ1n) is 3.68. The van der Waals surface area contributed by atoms with Crippen molar-refractivity contribution < 1.29 is 4.79 Å². The molecule has 0 saturated carbocycles. The highest BCUT2D eigenvalue weighted by Crippen LogP contribution is 2.24. The maximum atomic E-state index is 11.0. The molecule has 1 atom stereocenters. The van der Waals surface area contributed by atoms with Crippen LogP contribution in [0.25, 0.3) is 0 Å². The summed E-state index contributed by atoms with van der Waals surface area (Å²) in [4.78, 5) is 13.4. The zero-order valence-electron chi connectivity index (χ0n) is 7.05. The number of ketones is 1. The van der Waals surface area contributed by atoms with Crippen molar-refractivity contribution >= 4 is 17.1 Å². The Labute approximate surface area is 71.1 Å². The van der Waals surface area contributed by atoms with Gasteiger partial charge in [0.25, 0.3) is 0 Å². The summed E-state index contributed by atoms with van der Waals surface area (Å²) in [7, 11) is 0. The van der Waals surface area contributed by atoms with Gasteiger partial charge >= 0.3 is 0 Å². The predicted octanol–water partition coefficient (Wildman–Crippen LogP) is 2.75. The van der Waals surface area contributed by atoms with Crippen LogP contribution < -0.4 is 0 Å². The molecule has 0 aliphatic heterocycles. The van der Waals surface area contributed by atoms with Crippen LogP contribution in [0, 0.1) is 6.92 Å². The van der Waals surface area contributed by atoms with E-state index in [1.54, 1.807) is 18.3 Å². The topological polar surface area (TPSA) is 17.1 Å². The normalized spacial score (nSPS) is 13.0. The highest BCUT2D eigenvalue weighted by Gasteiger charge is 2.11. The van der Waals surface area contributed by atoms with Crippen molar-refractivity contribution in [3.05, 3.63) is 21.9 Å². The van der Waals surface area contributed by atoms with Crippen molar-refractivity contribution in [2.45, 2.75) is 26.7 Å². The lowest BCUT2D eigenvalue weighted by Gasteiger charge is -2.01. The molecule has 0 spiro atoms. The molecule has 2 heteroatoms. The minimum absolute atomic E-state index is 0.0775. The Hall–Kier alpha value is -0.630. The van der Waals surface area contributed by atoms with Gasteiger partial charge in [-0.05, 0) is 26.0 Å². The Balaban J connectivity index is 2.84. The van der Waals surface area contributed by atoms with Gasteiger partial charge in [-0.25, -0.2) is 0 Å². The van der Waals surface area contributed by atoms with E-state index in [-0.39, 0.29) is 11.7 Å². The summed E-state index contributed by atoms with van der Waals surface area (Å²) in [6, 6.07) is 4.09. The average Bonchev–Trinajstić information content (AvgIpc) is 2.34. The van der Waals surface area contributed by atoms with Crippen molar-refractivity contribution in [3.63, 3.8) is 0 Å². The number of hydrogen-bond donors (Lipinski definition) is 0. The lowest BCUT2D eigenvalue weighted by Crippen LogP contribution is -2.01. The van der Waals surface area contributed by atoms with Gasteiger partial charge in [-0.2, -0.15) is 0 Å². The molecule has 1 rings (SSSR count). The van der Waals surface area contributed by atoms with E-state index in [2.05, 4.69) is 13.0 Å². The molecule has 0 amide bonds. The Morgan fingerprint density at radius 3 is 2.55 bits per heavy atom. The fourth-order valence-electron chi connectivity index (χ4n) is 0.886. The van der Waals surface area contributed by atoms with Crippen LogP contribution in [0.1, 0.15) is 29.5 Å². The summed E-state index contributed by atoms with van der Waals surface area (Å²) < 4.78 is 0. The molecule has 11 heavy (non-hydrogen) atoms. The van der Waals surface area contributed by atoms with E-state index in [1.165, 1.54) is 9.75 Å². The van der Waals surface area contributed by atoms with E-state index in [9.17, 15) is 4.79 Å². The summed E-state index contributed by atoms with van der Waals surface area (Å²) in [6.45, 7) is 5.65. The molecule has 1 nitrogen and oxygen atoms in total. The molecule has 1 aromatic heterocycles. The van der Waals surface area contributed by atoms with E-state index < -0.39 is 0 Å². The van der Waals surface area contributed by atoms with Crippen LogP contribution in [0.2, 0.25) is 0 Å². The number of thiophene rings is 1. The third-order valence-electron chi connectivity index (χ3n) is 1.80. The van der Waals surface area contributed by atoms with E-state index in [0.29, 0.717) is 0 Å². The number of carbonyl (C=O) groups excluding carboxylic acids is 1. The van der Waals surface area contributed by atoms with Gasteiger partial charge in [0.2, 0.25) is 0 Å². The number of rotatable bonds is 2. The zero-order valence-corrected chi connectivity index (χ0v) is 7.87. The lowest BCUT2D eigenvalue weighted by molar-refractivity contribution is -0.118. The Morgan fingerprint density at radius 2 is 2.18 bits per heavy atom. The quantitative estimate of drug-likeness (QED) is 0.663. The van der Waals surface area contributed by atoms with Crippen molar-refractivity contribution in [1.82, 2.24) is 0 Å². The summed E-state index contributed by atoms with van der Waals surface area (Å²) in [5.74, 6) is 0.320. The number of hydrogen-bond acceptors (Lipinski definition) is 2. The predicted molar refractivity (Wildman–Crippen MR) is 48.2 cm³/mol. The molecule has 0 N–H and O–H groups in total. The smallest absolute Gasteiger partial charge is 0.137 e. The van der Waals surface area contributed by atoms with Gasteiger partial charge in [-0.3, -0.25) is 4.79 Å². The van der Waals surface area contributed by atoms with Gasteiger partial charge in [-0.1, -0.05) is 6.92 Å². The van der Waals surface area contributed by atoms with Crippen LogP contribution in [0.4, 0.5) is 0 Å². The standard InChI is InChI=1S/C9H12OS/c1-6-4-5-9(11-6)7(2)8(3)10/h4-5,7H,1-3H3. The maximum Gasteiger partial charge on any atom is 0.137 e. The van der Waals surface area contributed by atoms with E-state index in [1.807, 2.05) is 13.0 Å². The van der Waals surface area contributed by atoms with Crippen LogP contribution in [-0.2, 0) is 4.79 Å². The van der Waals surface area contributed by atoms with Crippen molar-refractivity contribution in [2.75, 3.05) is 0 Å². The van der Waals surface area contributed by atoms with Crippen LogP contribution in [0.15, 0.2) is 12.1 Å². The second kappa shape index (κ2) is 3.18. The average molecular weight is 168 g/mol. The Kier molecular flexibility index (Phi) is 2.45. The second-order valence-electron chi connectivity index (χ2n) is 2.78. The lowest BCUT2D eigenvalue weighted by atomic mass is 10.1. The van der Waals surface area contributed by atoms with Gasteiger partial charge in [0, 0.05) is 15.7 Å². The molecule has 1 heterocycles. The van der Waals surface area contributed by atoms with Crippen molar-refractivity contribution in [2.24, 2.45) is 0 Å². The molecule has 0 saturated heterocycles. The van der Waals surface area contributed by atoms with E-state index in [0.717, 1.165) is 0 Å². The van der Waals surface area contributed by atoms with E-state index >= 15 is 0 Å². The third kappa shape index (κ3) is 1.90. The Bertz CT molecular complexity index is 262. The number of carbonyl (C=O) groups is 1. The minimum atomic E-state index is 0.0775. The van der Waals surface area contributed by atoms with Gasteiger partial charge in [0.05, 0.1) is 0 Å². The molecule has 0 aliphatic rings. The molecular formula is C9H12OS. The third-order valence-corrected chi connectivity index (χ3v) is 2.98. The largest absolute Gasteiger partial charge is 0.299 e. The van der Waals surface area contributed by atoms with Crippen LogP contribution in [-0.4, -0.2) is 5.78 Å². The summed E-state index contributed by atoms with van der Waals surface area (Å²) in [5.41, 5.74) is 0. The Morgan fingerprint density at radius 1 is 1.55 bits per heavy atom. The molecule has 0 aromatic carbocycles. The number of Topliss-reactive ketones (excluding diaryl/α,β-unsaturated/α-hetero) is 1. The molecule has 60 valence electrons. The van der Waals surface area contributed by atoms with Gasteiger partial charge in [-0.15, -0.1) is 11.3 Å². The van der Waals surface area contributed by atoms with Gasteiger partial charge in [0.1, 0.15) is 5.78 Å². The zero-order chi connectivity index (χ0) is 8.43. The summed E-state index contributed by atoms with van der Waals surface area (Å²) in [5, 5.41) is 0. The fourth-order valence-corrected chi connectivity index (χ4v) is 1.87. The molecule has 0 aliphatic carbocycles. The van der Waals surface area contributed by atoms with Gasteiger partial charge < -0.3 is 0 Å². The molecule has 1 unspecified atom stereocenters. The first-order chi connectivity index (χ1) is 5.11. The SMILES string of the molecule is CC(=O)C(C)c1ccc(C)s1. The number of aryl methyl sites for hydroxylation is 1. The molecular weight excluding hydrogens is 156 g/mol. The highest BCUT2D eigenvalue weighted by molar-refractivity contribution is 7.12. The summed E-state index contributed by atoms with van der Waals surface area (Å²) in [6.07, 6.45) is 0. The molecule has 0 fully saturated rings. The highest BCUT2D eigenvalue weighted by atomic mass is 32.1. The molecule has 1 aromatic rings. The van der Waals surface area contributed by atoms with E-state index in [4.69, 9.17) is 0 Å².